The normalized spacial score (nSPS) is 11.4. The van der Waals surface area contributed by atoms with Gasteiger partial charge in [0.15, 0.2) is 5.65 Å². The average molecular weight is 467 g/mol. The molecule has 0 radical (unpaired) electrons. The van der Waals surface area contributed by atoms with Crippen molar-refractivity contribution in [3.8, 4) is 5.75 Å². The summed E-state index contributed by atoms with van der Waals surface area (Å²) in [6.07, 6.45) is 2.23. The number of ether oxygens (including phenoxy) is 1. The Hall–Kier alpha value is -2.48. The van der Waals surface area contributed by atoms with Gasteiger partial charge in [0.1, 0.15) is 16.7 Å². The van der Waals surface area contributed by atoms with Crippen LogP contribution in [0.4, 0.5) is 0 Å². The zero-order valence-corrected chi connectivity index (χ0v) is 18.5. The summed E-state index contributed by atoms with van der Waals surface area (Å²) >= 11 is 18.4. The van der Waals surface area contributed by atoms with Gasteiger partial charge in [-0.05, 0) is 31.2 Å². The van der Waals surface area contributed by atoms with E-state index in [1.165, 1.54) is 0 Å². The predicted octanol–water partition coefficient (Wildman–Crippen LogP) is 4.55. The van der Waals surface area contributed by atoms with E-state index in [9.17, 15) is 4.79 Å². The number of nitrogens with zero attached hydrogens (tertiary/aromatic N) is 4. The molecular weight excluding hydrogens is 449 g/mol. The van der Waals surface area contributed by atoms with Crippen LogP contribution in [0.25, 0.3) is 11.2 Å². The number of benzene rings is 1. The Kier molecular flexibility index (Phi) is 5.77. The maximum Gasteiger partial charge on any atom is 0.328 e. The average Bonchev–Trinajstić information content (AvgIpc) is 3.23. The lowest BCUT2D eigenvalue weighted by Gasteiger charge is -2.12. The van der Waals surface area contributed by atoms with Gasteiger partial charge in [-0.2, -0.15) is 0 Å². The minimum absolute atomic E-state index is 0.136. The van der Waals surface area contributed by atoms with Crippen molar-refractivity contribution in [1.29, 1.82) is 0 Å². The van der Waals surface area contributed by atoms with Gasteiger partial charge in [0.05, 0.1) is 19.2 Å². The minimum Gasteiger partial charge on any atom is -0.496 e. The molecule has 3 heterocycles. The Morgan fingerprint density at radius 3 is 2.70 bits per heavy atom. The van der Waals surface area contributed by atoms with E-state index in [1.54, 1.807) is 40.5 Å². The first-order chi connectivity index (χ1) is 14.4. The molecule has 0 atom stereocenters. The Bertz CT molecular complexity index is 1290. The molecule has 0 saturated heterocycles. The molecule has 0 spiro atoms. The fourth-order valence-electron chi connectivity index (χ4n) is 3.45. The van der Waals surface area contributed by atoms with Gasteiger partial charge in [-0.15, -0.1) is 0 Å². The molecule has 0 aliphatic carbocycles. The number of pyridine rings is 1. The first kappa shape index (κ1) is 20.8. The summed E-state index contributed by atoms with van der Waals surface area (Å²) in [6.45, 7) is 2.72. The summed E-state index contributed by atoms with van der Waals surface area (Å²) in [5.74, 6) is 1.19. The van der Waals surface area contributed by atoms with Gasteiger partial charge in [0, 0.05) is 40.5 Å². The van der Waals surface area contributed by atoms with Crippen LogP contribution in [0.5, 0.6) is 5.75 Å². The molecule has 156 valence electrons. The molecule has 0 aliphatic heterocycles. The summed E-state index contributed by atoms with van der Waals surface area (Å²) in [5, 5.41) is 1.35. The van der Waals surface area contributed by atoms with Crippen LogP contribution >= 0.6 is 34.8 Å². The fraction of sp³-hybridized carbons (Fsp3) is 0.250. The largest absolute Gasteiger partial charge is 0.496 e. The number of hydrogen-bond acceptors (Lipinski definition) is 4. The number of fused-ring (bicyclic) bond motifs is 1. The lowest BCUT2D eigenvalue weighted by molar-refractivity contribution is 0.410. The van der Waals surface area contributed by atoms with Gasteiger partial charge in [-0.25, -0.2) is 14.8 Å². The van der Waals surface area contributed by atoms with E-state index in [2.05, 4.69) is 15.0 Å². The number of rotatable bonds is 6. The van der Waals surface area contributed by atoms with Gasteiger partial charge in [0.2, 0.25) is 0 Å². The van der Waals surface area contributed by atoms with Crippen LogP contribution in [0.1, 0.15) is 24.0 Å². The molecular formula is C20H18Cl3N5O2. The monoisotopic (exact) mass is 465 g/mol. The second-order valence-corrected chi connectivity index (χ2v) is 7.94. The third-order valence-electron chi connectivity index (χ3n) is 4.82. The smallest absolute Gasteiger partial charge is 0.328 e. The quantitative estimate of drug-likeness (QED) is 0.423. The fourth-order valence-corrected chi connectivity index (χ4v) is 4.13. The van der Waals surface area contributed by atoms with Gasteiger partial charge in [0.25, 0.3) is 0 Å². The van der Waals surface area contributed by atoms with Crippen LogP contribution in [0.15, 0.2) is 35.3 Å². The molecule has 4 aromatic rings. The van der Waals surface area contributed by atoms with E-state index in [-0.39, 0.29) is 12.2 Å². The maximum absolute atomic E-state index is 12.9. The van der Waals surface area contributed by atoms with Crippen molar-refractivity contribution >= 4 is 46.0 Å². The number of halogens is 3. The lowest BCUT2D eigenvalue weighted by Crippen LogP contribution is -2.25. The Balaban J connectivity index is 1.70. The van der Waals surface area contributed by atoms with Crippen LogP contribution in [0.2, 0.25) is 15.2 Å². The molecule has 1 N–H and O–H groups in total. The van der Waals surface area contributed by atoms with Crippen LogP contribution in [-0.4, -0.2) is 31.2 Å². The van der Waals surface area contributed by atoms with E-state index < -0.39 is 0 Å². The van der Waals surface area contributed by atoms with Crippen LogP contribution in [0.3, 0.4) is 0 Å². The zero-order chi connectivity index (χ0) is 21.4. The highest BCUT2D eigenvalue weighted by Gasteiger charge is 2.17. The van der Waals surface area contributed by atoms with Crippen molar-refractivity contribution in [3.05, 3.63) is 73.2 Å². The predicted molar refractivity (Wildman–Crippen MR) is 118 cm³/mol. The van der Waals surface area contributed by atoms with Crippen molar-refractivity contribution in [1.82, 2.24) is 24.1 Å². The van der Waals surface area contributed by atoms with Crippen molar-refractivity contribution in [2.75, 3.05) is 7.11 Å². The van der Waals surface area contributed by atoms with Crippen LogP contribution in [-0.2, 0) is 19.5 Å². The molecule has 10 heteroatoms. The topological polar surface area (TPSA) is 77.7 Å². The van der Waals surface area contributed by atoms with Gasteiger partial charge >= 0.3 is 5.69 Å². The molecule has 3 aromatic heterocycles. The van der Waals surface area contributed by atoms with Gasteiger partial charge in [-0.3, -0.25) is 9.13 Å². The first-order valence-corrected chi connectivity index (χ1v) is 10.3. The summed E-state index contributed by atoms with van der Waals surface area (Å²) in [7, 11) is 1.56. The lowest BCUT2D eigenvalue weighted by atomic mass is 10.1. The van der Waals surface area contributed by atoms with E-state index in [1.807, 2.05) is 13.1 Å². The summed E-state index contributed by atoms with van der Waals surface area (Å²) in [4.78, 5) is 24.7. The van der Waals surface area contributed by atoms with Crippen molar-refractivity contribution in [3.63, 3.8) is 0 Å². The first-order valence-electron chi connectivity index (χ1n) is 9.21. The molecule has 0 bridgehead atoms. The van der Waals surface area contributed by atoms with Crippen LogP contribution < -0.4 is 10.4 Å². The second kappa shape index (κ2) is 8.34. The highest BCUT2D eigenvalue weighted by atomic mass is 35.5. The summed E-state index contributed by atoms with van der Waals surface area (Å²) in [6, 6.07) is 6.87. The standard InChI is InChI=1S/C20H18Cl3N5O2/c1-3-28-12(8-13-14(22)6-11(21)7-16(13)30-2)9-27(20(28)29)10-18-24-15-4-5-17(23)25-19(15)26-18/h4-7,9H,3,8,10H2,1-2H3,(H,24,25,26). The summed E-state index contributed by atoms with van der Waals surface area (Å²) < 4.78 is 8.74. The number of hydrogen-bond donors (Lipinski definition) is 1. The Morgan fingerprint density at radius 1 is 1.17 bits per heavy atom. The molecule has 1 aromatic carbocycles. The highest BCUT2D eigenvalue weighted by molar-refractivity contribution is 6.35. The maximum atomic E-state index is 12.9. The van der Waals surface area contributed by atoms with E-state index >= 15 is 0 Å². The summed E-state index contributed by atoms with van der Waals surface area (Å²) in [5.41, 5.74) is 2.71. The number of aromatic amines is 1. The van der Waals surface area contributed by atoms with Crippen molar-refractivity contribution in [2.24, 2.45) is 0 Å². The van der Waals surface area contributed by atoms with Gasteiger partial charge < -0.3 is 9.72 Å². The number of methoxy groups -OCH3 is 1. The van der Waals surface area contributed by atoms with Gasteiger partial charge in [-0.1, -0.05) is 34.8 Å². The van der Waals surface area contributed by atoms with Crippen molar-refractivity contribution in [2.45, 2.75) is 26.4 Å². The number of imidazole rings is 2. The number of H-pyrrole nitrogens is 1. The van der Waals surface area contributed by atoms with Crippen LogP contribution in [0, 0.1) is 0 Å². The minimum atomic E-state index is -0.136. The van der Waals surface area contributed by atoms with Crippen molar-refractivity contribution < 1.29 is 4.74 Å². The molecule has 0 unspecified atom stereocenters. The third kappa shape index (κ3) is 3.93. The second-order valence-electron chi connectivity index (χ2n) is 6.71. The molecule has 7 nitrogen and oxygen atoms in total. The molecule has 0 fully saturated rings. The van der Waals surface area contributed by atoms with E-state index in [0.29, 0.717) is 45.4 Å². The van der Waals surface area contributed by atoms with E-state index in [4.69, 9.17) is 39.5 Å². The molecule has 0 saturated carbocycles. The molecule has 30 heavy (non-hydrogen) atoms. The molecule has 0 aliphatic rings. The Morgan fingerprint density at radius 2 is 1.97 bits per heavy atom. The number of nitrogens with one attached hydrogen (secondary N) is 1. The number of aromatic nitrogens is 5. The highest BCUT2D eigenvalue weighted by Crippen LogP contribution is 2.32. The zero-order valence-electron chi connectivity index (χ0n) is 16.2. The molecule has 4 rings (SSSR count). The third-order valence-corrected chi connectivity index (χ3v) is 5.59. The molecule has 0 amide bonds. The van der Waals surface area contributed by atoms with E-state index in [0.717, 1.165) is 16.8 Å². The SMILES string of the molecule is CCn1c(Cc2c(Cl)cc(Cl)cc2OC)cn(Cc2nc3nc(Cl)ccc3[nH]2)c1=O. The Labute approximate surface area is 187 Å².